The Hall–Kier alpha value is -2.43. The van der Waals surface area contributed by atoms with E-state index in [1.165, 1.54) is 31.4 Å². The third kappa shape index (κ3) is 4.68. The van der Waals surface area contributed by atoms with E-state index in [1.807, 2.05) is 13.0 Å². The van der Waals surface area contributed by atoms with E-state index in [0.717, 1.165) is 6.42 Å². The Kier molecular flexibility index (Phi) is 6.16. The van der Waals surface area contributed by atoms with E-state index in [2.05, 4.69) is 9.47 Å². The SMILES string of the molecule is CCC=CCC(=O)OC(=O)c1cccc(C(=O)OC)c1. The van der Waals surface area contributed by atoms with Crippen molar-refractivity contribution in [2.75, 3.05) is 7.11 Å². The topological polar surface area (TPSA) is 69.7 Å². The van der Waals surface area contributed by atoms with Crippen LogP contribution in [0.15, 0.2) is 36.4 Å². The molecule has 0 bridgehead atoms. The summed E-state index contributed by atoms with van der Waals surface area (Å²) in [5.41, 5.74) is 0.348. The zero-order valence-electron chi connectivity index (χ0n) is 11.4. The fourth-order valence-corrected chi connectivity index (χ4v) is 1.44. The smallest absolute Gasteiger partial charge is 0.345 e. The van der Waals surface area contributed by atoms with Crippen molar-refractivity contribution >= 4 is 17.9 Å². The van der Waals surface area contributed by atoms with Gasteiger partial charge in [-0.1, -0.05) is 25.1 Å². The van der Waals surface area contributed by atoms with E-state index >= 15 is 0 Å². The first-order chi connectivity index (χ1) is 9.58. The maximum atomic E-state index is 11.7. The molecule has 1 aromatic rings. The molecule has 0 saturated heterocycles. The summed E-state index contributed by atoms with van der Waals surface area (Å²) in [5.74, 6) is -1.98. The fourth-order valence-electron chi connectivity index (χ4n) is 1.44. The van der Waals surface area contributed by atoms with E-state index < -0.39 is 17.9 Å². The minimum Gasteiger partial charge on any atom is -0.465 e. The predicted octanol–water partition coefficient (Wildman–Crippen LogP) is 2.51. The molecule has 0 N–H and O–H groups in total. The molecule has 0 unspecified atom stereocenters. The number of allylic oxidation sites excluding steroid dienone is 1. The van der Waals surface area contributed by atoms with Gasteiger partial charge in [0.05, 0.1) is 24.7 Å². The molecule has 5 heteroatoms. The molecule has 0 spiro atoms. The molecule has 106 valence electrons. The molecule has 0 amide bonds. The van der Waals surface area contributed by atoms with Crippen molar-refractivity contribution in [1.29, 1.82) is 0 Å². The second-order valence-electron chi connectivity index (χ2n) is 3.92. The highest BCUT2D eigenvalue weighted by molar-refractivity contribution is 5.99. The number of carbonyl (C=O) groups is 3. The van der Waals surface area contributed by atoms with Crippen LogP contribution in [0.3, 0.4) is 0 Å². The minimum absolute atomic E-state index is 0.0380. The van der Waals surface area contributed by atoms with E-state index in [-0.39, 0.29) is 17.5 Å². The molecule has 0 heterocycles. The van der Waals surface area contributed by atoms with E-state index in [9.17, 15) is 14.4 Å². The lowest BCUT2D eigenvalue weighted by Gasteiger charge is -2.03. The van der Waals surface area contributed by atoms with Crippen LogP contribution in [0, 0.1) is 0 Å². The molecule has 0 aliphatic carbocycles. The van der Waals surface area contributed by atoms with Gasteiger partial charge in [-0.2, -0.15) is 0 Å². The number of benzene rings is 1. The molecule has 20 heavy (non-hydrogen) atoms. The number of methoxy groups -OCH3 is 1. The lowest BCUT2D eigenvalue weighted by molar-refractivity contribution is -0.136. The highest BCUT2D eigenvalue weighted by atomic mass is 16.6. The van der Waals surface area contributed by atoms with Crippen molar-refractivity contribution in [2.45, 2.75) is 19.8 Å². The van der Waals surface area contributed by atoms with Crippen molar-refractivity contribution in [1.82, 2.24) is 0 Å². The van der Waals surface area contributed by atoms with Gasteiger partial charge in [0.15, 0.2) is 0 Å². The molecule has 1 rings (SSSR count). The molecule has 0 fully saturated rings. The van der Waals surface area contributed by atoms with Crippen molar-refractivity contribution in [3.05, 3.63) is 47.5 Å². The third-order valence-corrected chi connectivity index (χ3v) is 2.41. The molecule has 0 aromatic heterocycles. The van der Waals surface area contributed by atoms with Crippen LogP contribution in [0.2, 0.25) is 0 Å². The van der Waals surface area contributed by atoms with Crippen LogP contribution in [0.5, 0.6) is 0 Å². The third-order valence-electron chi connectivity index (χ3n) is 2.41. The van der Waals surface area contributed by atoms with Crippen LogP contribution < -0.4 is 0 Å². The lowest BCUT2D eigenvalue weighted by atomic mass is 10.1. The quantitative estimate of drug-likeness (QED) is 0.469. The maximum Gasteiger partial charge on any atom is 0.345 e. The summed E-state index contributed by atoms with van der Waals surface area (Å²) in [5, 5.41) is 0. The molecular weight excluding hydrogens is 260 g/mol. The Bertz CT molecular complexity index is 531. The standard InChI is InChI=1S/C15H16O5/c1-3-4-5-9-13(16)20-15(18)12-8-6-7-11(10-12)14(17)19-2/h4-8,10H,3,9H2,1-2H3. The summed E-state index contributed by atoms with van der Waals surface area (Å²) >= 11 is 0. The van der Waals surface area contributed by atoms with Crippen LogP contribution in [-0.4, -0.2) is 25.0 Å². The summed E-state index contributed by atoms with van der Waals surface area (Å²) in [7, 11) is 1.25. The molecular formula is C15H16O5. The van der Waals surface area contributed by atoms with Gasteiger partial charge in [0, 0.05) is 0 Å². The van der Waals surface area contributed by atoms with Crippen LogP contribution in [0.1, 0.15) is 40.5 Å². The molecule has 0 aliphatic rings. The zero-order valence-corrected chi connectivity index (χ0v) is 11.4. The predicted molar refractivity (Wildman–Crippen MR) is 72.3 cm³/mol. The molecule has 0 atom stereocenters. The van der Waals surface area contributed by atoms with Gasteiger partial charge in [0.25, 0.3) is 0 Å². The molecule has 0 saturated carbocycles. The van der Waals surface area contributed by atoms with Crippen molar-refractivity contribution in [3.8, 4) is 0 Å². The maximum absolute atomic E-state index is 11.7. The minimum atomic E-state index is -0.786. The molecule has 0 aliphatic heterocycles. The Labute approximate surface area is 117 Å². The van der Waals surface area contributed by atoms with Gasteiger partial charge >= 0.3 is 17.9 Å². The van der Waals surface area contributed by atoms with Gasteiger partial charge in [-0.05, 0) is 24.6 Å². The van der Waals surface area contributed by atoms with Crippen LogP contribution in [0.25, 0.3) is 0 Å². The van der Waals surface area contributed by atoms with Crippen LogP contribution >= 0.6 is 0 Å². The number of rotatable bonds is 5. The van der Waals surface area contributed by atoms with E-state index in [4.69, 9.17) is 0 Å². The van der Waals surface area contributed by atoms with Crippen molar-refractivity contribution < 1.29 is 23.9 Å². The second-order valence-corrected chi connectivity index (χ2v) is 3.92. The van der Waals surface area contributed by atoms with Crippen LogP contribution in [0.4, 0.5) is 0 Å². The summed E-state index contributed by atoms with van der Waals surface area (Å²) in [6.07, 6.45) is 4.29. The van der Waals surface area contributed by atoms with Gasteiger partial charge < -0.3 is 9.47 Å². The first-order valence-electron chi connectivity index (χ1n) is 6.16. The Morgan fingerprint density at radius 3 is 2.35 bits per heavy atom. The number of hydrogen-bond acceptors (Lipinski definition) is 5. The number of hydrogen-bond donors (Lipinski definition) is 0. The second kappa shape index (κ2) is 7.89. The molecule has 1 aromatic carbocycles. The summed E-state index contributed by atoms with van der Waals surface area (Å²) in [4.78, 5) is 34.5. The van der Waals surface area contributed by atoms with Crippen molar-refractivity contribution in [2.24, 2.45) is 0 Å². The number of carbonyl (C=O) groups excluding carboxylic acids is 3. The number of esters is 3. The normalized spacial score (nSPS) is 10.3. The monoisotopic (exact) mass is 276 g/mol. The zero-order chi connectivity index (χ0) is 15.0. The van der Waals surface area contributed by atoms with Gasteiger partial charge in [-0.25, -0.2) is 9.59 Å². The lowest BCUT2D eigenvalue weighted by Crippen LogP contribution is -2.12. The van der Waals surface area contributed by atoms with Gasteiger partial charge in [-0.3, -0.25) is 4.79 Å². The first-order valence-corrected chi connectivity index (χ1v) is 6.16. The summed E-state index contributed by atoms with van der Waals surface area (Å²) in [6.45, 7) is 1.94. The Morgan fingerprint density at radius 2 is 1.75 bits per heavy atom. The van der Waals surface area contributed by atoms with Crippen LogP contribution in [-0.2, 0) is 14.3 Å². The molecule has 5 nitrogen and oxygen atoms in total. The van der Waals surface area contributed by atoms with E-state index in [1.54, 1.807) is 6.08 Å². The highest BCUT2D eigenvalue weighted by Gasteiger charge is 2.14. The fraction of sp³-hybridized carbons (Fsp3) is 0.267. The number of ether oxygens (including phenoxy) is 2. The average molecular weight is 276 g/mol. The first kappa shape index (κ1) is 15.6. The largest absolute Gasteiger partial charge is 0.465 e. The average Bonchev–Trinajstić information content (AvgIpc) is 2.46. The summed E-state index contributed by atoms with van der Waals surface area (Å²) < 4.78 is 9.22. The van der Waals surface area contributed by atoms with E-state index in [0.29, 0.717) is 0 Å². The van der Waals surface area contributed by atoms with Crippen molar-refractivity contribution in [3.63, 3.8) is 0 Å². The highest BCUT2D eigenvalue weighted by Crippen LogP contribution is 2.08. The van der Waals surface area contributed by atoms with Gasteiger partial charge in [0.2, 0.25) is 0 Å². The van der Waals surface area contributed by atoms with Gasteiger partial charge in [-0.15, -0.1) is 0 Å². The Balaban J connectivity index is 2.70. The summed E-state index contributed by atoms with van der Waals surface area (Å²) in [6, 6.07) is 5.81. The Morgan fingerprint density at radius 1 is 1.10 bits per heavy atom. The molecule has 0 radical (unpaired) electrons. The van der Waals surface area contributed by atoms with Gasteiger partial charge in [0.1, 0.15) is 0 Å².